The number of nitriles is 1. The molecule has 2 nitrogen and oxygen atoms in total. The van der Waals surface area contributed by atoms with Gasteiger partial charge in [0.15, 0.2) is 0 Å². The Kier molecular flexibility index (Phi) is 4.77. The molecular formula is C9H11IN2. The minimum Gasteiger partial charge on any atom is -0.375 e. The maximum atomic E-state index is 8.47. The summed E-state index contributed by atoms with van der Waals surface area (Å²) in [6.07, 6.45) is 1.68. The van der Waals surface area contributed by atoms with Crippen molar-refractivity contribution in [2.75, 3.05) is 0 Å². The quantitative estimate of drug-likeness (QED) is 0.476. The van der Waals surface area contributed by atoms with Crippen LogP contribution in [0.4, 0.5) is 0 Å². The first-order valence-electron chi connectivity index (χ1n) is 3.49. The minimum absolute atomic E-state index is 0.265. The molecule has 0 aliphatic heterocycles. The average molecular weight is 274 g/mol. The molecule has 0 aliphatic carbocycles. The highest BCUT2D eigenvalue weighted by Gasteiger charge is 2.10. The van der Waals surface area contributed by atoms with Gasteiger partial charge in [0.25, 0.3) is 0 Å². The summed E-state index contributed by atoms with van der Waals surface area (Å²) in [7, 11) is 0. The molecule has 0 atom stereocenters. The highest BCUT2D eigenvalue weighted by atomic mass is 127. The van der Waals surface area contributed by atoms with Crippen molar-refractivity contribution in [2.45, 2.75) is 26.3 Å². The van der Waals surface area contributed by atoms with Gasteiger partial charge in [-0.3, -0.25) is 0 Å². The number of nitrogens with zero attached hydrogens (tertiary/aromatic N) is 1. The second-order valence-electron chi connectivity index (χ2n) is 2.93. The van der Waals surface area contributed by atoms with Crippen LogP contribution in [0.15, 0.2) is 11.8 Å². The fraction of sp³-hybridized carbons (Fsp3) is 0.444. The van der Waals surface area contributed by atoms with E-state index >= 15 is 0 Å². The van der Waals surface area contributed by atoms with Gasteiger partial charge in [0, 0.05) is 34.4 Å². The van der Waals surface area contributed by atoms with Crippen LogP contribution in [0.2, 0.25) is 0 Å². The zero-order valence-electron chi connectivity index (χ0n) is 7.40. The van der Waals surface area contributed by atoms with Gasteiger partial charge in [0.05, 0.1) is 11.6 Å². The Hall–Kier alpha value is -0.680. The van der Waals surface area contributed by atoms with Gasteiger partial charge in [-0.25, -0.2) is 0 Å². The molecule has 12 heavy (non-hydrogen) atoms. The van der Waals surface area contributed by atoms with E-state index in [4.69, 9.17) is 5.26 Å². The fourth-order valence-electron chi connectivity index (χ4n) is 0.475. The number of allylic oxidation sites excluding steroid dienone is 1. The third-order valence-electron chi connectivity index (χ3n) is 1.19. The molecule has 0 rings (SSSR count). The van der Waals surface area contributed by atoms with E-state index in [0.29, 0.717) is 5.57 Å². The molecule has 0 heterocycles. The summed E-state index contributed by atoms with van der Waals surface area (Å²) in [6.45, 7) is 5.67. The molecule has 0 radical (unpaired) electrons. The predicted molar refractivity (Wildman–Crippen MR) is 58.4 cm³/mol. The third kappa shape index (κ3) is 5.03. The lowest BCUT2D eigenvalue weighted by atomic mass is 10.1. The lowest BCUT2D eigenvalue weighted by Gasteiger charge is -2.17. The normalized spacial score (nSPS) is 11.1. The van der Waals surface area contributed by atoms with E-state index in [2.05, 4.69) is 15.2 Å². The highest BCUT2D eigenvalue weighted by Crippen LogP contribution is 2.01. The summed E-state index contributed by atoms with van der Waals surface area (Å²) in [5.41, 5.74) is 0.387. The van der Waals surface area contributed by atoms with E-state index in [9.17, 15) is 0 Å². The van der Waals surface area contributed by atoms with E-state index in [0.717, 1.165) is 0 Å². The van der Waals surface area contributed by atoms with Gasteiger partial charge < -0.3 is 5.32 Å². The number of halogens is 1. The van der Waals surface area contributed by atoms with Crippen LogP contribution >= 0.6 is 22.6 Å². The van der Waals surface area contributed by atoms with Crippen LogP contribution in [0, 0.1) is 21.2 Å². The summed E-state index contributed by atoms with van der Waals surface area (Å²) in [4.78, 5) is 0. The second kappa shape index (κ2) is 5.05. The summed E-state index contributed by atoms with van der Waals surface area (Å²) >= 11 is 1.99. The molecular weight excluding hydrogens is 263 g/mol. The Balaban J connectivity index is 4.26. The van der Waals surface area contributed by atoms with E-state index in [1.54, 1.807) is 13.1 Å². The van der Waals surface area contributed by atoms with Gasteiger partial charge in [-0.1, -0.05) is 5.92 Å². The fourth-order valence-corrected chi connectivity index (χ4v) is 1.15. The van der Waals surface area contributed by atoms with Crippen LogP contribution in [0.3, 0.4) is 0 Å². The van der Waals surface area contributed by atoms with Crippen molar-refractivity contribution >= 4 is 22.6 Å². The van der Waals surface area contributed by atoms with Crippen molar-refractivity contribution in [2.24, 2.45) is 0 Å². The Morgan fingerprint density at radius 2 is 2.17 bits per heavy atom. The smallest absolute Gasteiger partial charge is 0.0959 e. The summed E-state index contributed by atoms with van der Waals surface area (Å²) < 4.78 is 2.80. The van der Waals surface area contributed by atoms with E-state index in [1.165, 1.54) is 0 Å². The molecule has 0 unspecified atom stereocenters. The topological polar surface area (TPSA) is 35.8 Å². The Morgan fingerprint density at radius 3 is 2.58 bits per heavy atom. The molecule has 0 fully saturated rings. The zero-order chi connectivity index (χ0) is 9.61. The highest BCUT2D eigenvalue weighted by molar-refractivity contribution is 14.1. The molecule has 0 aromatic heterocycles. The van der Waals surface area contributed by atoms with Gasteiger partial charge in [0.1, 0.15) is 0 Å². The molecule has 1 N–H and O–H groups in total. The van der Waals surface area contributed by atoms with E-state index in [1.807, 2.05) is 42.5 Å². The minimum atomic E-state index is -0.265. The molecule has 0 spiro atoms. The second-order valence-corrected chi connectivity index (χ2v) is 3.47. The summed E-state index contributed by atoms with van der Waals surface area (Å²) in [6, 6.07) is 2.03. The number of nitrogens with one attached hydrogen (secondary N) is 1. The molecule has 0 aromatic rings. The van der Waals surface area contributed by atoms with Crippen molar-refractivity contribution in [1.82, 2.24) is 5.32 Å². The standard InChI is InChI=1S/C9H11IN2/c1-8(6-11)7-12-9(2,3)4-5-10/h7,12H,1-3H3/b8-7-. The Labute approximate surface area is 87.2 Å². The van der Waals surface area contributed by atoms with Gasteiger partial charge in [-0.15, -0.1) is 0 Å². The van der Waals surface area contributed by atoms with Gasteiger partial charge in [-0.05, 0) is 24.7 Å². The van der Waals surface area contributed by atoms with Crippen LogP contribution in [0.1, 0.15) is 20.8 Å². The van der Waals surface area contributed by atoms with Crippen LogP contribution in [0.5, 0.6) is 0 Å². The van der Waals surface area contributed by atoms with Crippen molar-refractivity contribution in [3.8, 4) is 15.9 Å². The first-order valence-corrected chi connectivity index (χ1v) is 4.57. The molecule has 64 valence electrons. The molecule has 0 aromatic carbocycles. The third-order valence-corrected chi connectivity index (χ3v) is 1.46. The summed E-state index contributed by atoms with van der Waals surface area (Å²) in [5, 5.41) is 11.5. The van der Waals surface area contributed by atoms with E-state index < -0.39 is 0 Å². The SMILES string of the molecule is C/C(C#N)=C/NC(C)(C)C#CI. The number of rotatable bonds is 2. The lowest BCUT2D eigenvalue weighted by Crippen LogP contribution is -2.33. The molecule has 0 saturated heterocycles. The van der Waals surface area contributed by atoms with Crippen LogP contribution in [-0.4, -0.2) is 5.54 Å². The van der Waals surface area contributed by atoms with Gasteiger partial charge >= 0.3 is 0 Å². The van der Waals surface area contributed by atoms with Crippen molar-refractivity contribution in [1.29, 1.82) is 5.26 Å². The van der Waals surface area contributed by atoms with Gasteiger partial charge in [-0.2, -0.15) is 5.26 Å². The molecule has 0 amide bonds. The Bertz CT molecular complexity index is 273. The Morgan fingerprint density at radius 1 is 1.58 bits per heavy atom. The van der Waals surface area contributed by atoms with Crippen molar-refractivity contribution in [3.05, 3.63) is 11.8 Å². The van der Waals surface area contributed by atoms with Crippen LogP contribution < -0.4 is 5.32 Å². The van der Waals surface area contributed by atoms with Crippen LogP contribution in [0.25, 0.3) is 0 Å². The molecule has 0 saturated carbocycles. The van der Waals surface area contributed by atoms with Crippen molar-refractivity contribution in [3.63, 3.8) is 0 Å². The predicted octanol–water partition coefficient (Wildman–Crippen LogP) is 2.18. The van der Waals surface area contributed by atoms with Crippen molar-refractivity contribution < 1.29 is 0 Å². The number of hydrogen-bond donors (Lipinski definition) is 1. The molecule has 0 aliphatic rings. The lowest BCUT2D eigenvalue weighted by molar-refractivity contribution is 0.573. The average Bonchev–Trinajstić information content (AvgIpc) is 2.00. The zero-order valence-corrected chi connectivity index (χ0v) is 9.56. The largest absolute Gasteiger partial charge is 0.375 e. The molecule has 3 heteroatoms. The maximum absolute atomic E-state index is 8.47. The van der Waals surface area contributed by atoms with Gasteiger partial charge in [0.2, 0.25) is 0 Å². The monoisotopic (exact) mass is 274 g/mol. The van der Waals surface area contributed by atoms with Crippen LogP contribution in [-0.2, 0) is 0 Å². The molecule has 0 bridgehead atoms. The number of hydrogen-bond acceptors (Lipinski definition) is 2. The first kappa shape index (κ1) is 11.3. The maximum Gasteiger partial charge on any atom is 0.0959 e. The summed E-state index contributed by atoms with van der Waals surface area (Å²) in [5.74, 6) is 2.97. The van der Waals surface area contributed by atoms with E-state index in [-0.39, 0.29) is 5.54 Å². The first-order chi connectivity index (χ1) is 5.52.